The quantitative estimate of drug-likeness (QED) is 0.469. The smallest absolute Gasteiger partial charge is 0.257 e. The lowest BCUT2D eigenvalue weighted by atomic mass is 10.1. The van der Waals surface area contributed by atoms with Crippen molar-refractivity contribution in [2.45, 2.75) is 43.9 Å². The van der Waals surface area contributed by atoms with Gasteiger partial charge in [-0.15, -0.1) is 0 Å². The van der Waals surface area contributed by atoms with Crippen molar-refractivity contribution in [3.05, 3.63) is 54.1 Å². The highest BCUT2D eigenvalue weighted by molar-refractivity contribution is 7.92. The number of nitrogens with one attached hydrogen (secondary N) is 2. The number of carbonyl (C=O) groups is 1. The monoisotopic (exact) mass is 465 g/mol. The van der Waals surface area contributed by atoms with Gasteiger partial charge in [-0.25, -0.2) is 17.4 Å². The van der Waals surface area contributed by atoms with E-state index in [4.69, 9.17) is 4.78 Å². The summed E-state index contributed by atoms with van der Waals surface area (Å²) in [5.41, 5.74) is 0.968. The van der Waals surface area contributed by atoms with E-state index in [0.29, 0.717) is 16.3 Å². The average molecular weight is 466 g/mol. The largest absolute Gasteiger partial charge is 0.322 e. The predicted molar refractivity (Wildman–Crippen MR) is 127 cm³/mol. The van der Waals surface area contributed by atoms with Crippen LogP contribution in [0.3, 0.4) is 0 Å². The van der Waals surface area contributed by atoms with Crippen LogP contribution < -0.4 is 9.62 Å². The number of carbonyl (C=O) groups excluding carboxylic acids is 1. The molecule has 1 amide bonds. The third-order valence-electron chi connectivity index (χ3n) is 5.01. The molecular formula is C22H31N3O4S2. The van der Waals surface area contributed by atoms with Gasteiger partial charge in [0, 0.05) is 23.4 Å². The molecule has 0 unspecified atom stereocenters. The van der Waals surface area contributed by atoms with Crippen LogP contribution in [-0.2, 0) is 19.8 Å². The fourth-order valence-corrected chi connectivity index (χ4v) is 5.04. The summed E-state index contributed by atoms with van der Waals surface area (Å²) < 4.78 is 45.7. The van der Waals surface area contributed by atoms with Crippen molar-refractivity contribution in [2.24, 2.45) is 0 Å². The van der Waals surface area contributed by atoms with Gasteiger partial charge >= 0.3 is 0 Å². The Morgan fingerprint density at radius 1 is 0.968 bits per heavy atom. The SMILES string of the molecule is CCCCCCC[S@@](=N)(=O)c1ccc(NC(=O)c2ccccc2N(C)S(C)(=O)=O)cc1. The maximum Gasteiger partial charge on any atom is 0.257 e. The molecule has 0 saturated carbocycles. The molecule has 9 heteroatoms. The summed E-state index contributed by atoms with van der Waals surface area (Å²) in [5.74, 6) is -0.130. The summed E-state index contributed by atoms with van der Waals surface area (Å²) in [6.45, 7) is 2.14. The number of unbranched alkanes of at least 4 members (excludes halogenated alkanes) is 4. The van der Waals surface area contributed by atoms with Crippen molar-refractivity contribution in [2.75, 3.05) is 28.7 Å². The van der Waals surface area contributed by atoms with Gasteiger partial charge in [0.2, 0.25) is 10.0 Å². The second kappa shape index (κ2) is 10.8. The second-order valence-electron chi connectivity index (χ2n) is 7.52. The molecule has 0 aromatic heterocycles. The number of para-hydroxylation sites is 1. The molecule has 0 spiro atoms. The third-order valence-corrected chi connectivity index (χ3v) is 8.10. The molecule has 0 saturated heterocycles. The van der Waals surface area contributed by atoms with Gasteiger partial charge in [0.05, 0.1) is 27.2 Å². The lowest BCUT2D eigenvalue weighted by Gasteiger charge is -2.19. The Balaban J connectivity index is 2.10. The zero-order valence-electron chi connectivity index (χ0n) is 18.3. The fraction of sp³-hybridized carbons (Fsp3) is 0.409. The van der Waals surface area contributed by atoms with E-state index in [2.05, 4.69) is 12.2 Å². The Bertz CT molecular complexity index is 1100. The molecule has 2 aromatic rings. The van der Waals surface area contributed by atoms with Gasteiger partial charge in [0.1, 0.15) is 0 Å². The molecule has 31 heavy (non-hydrogen) atoms. The minimum atomic E-state index is -3.52. The number of amides is 1. The minimum absolute atomic E-state index is 0.218. The zero-order chi connectivity index (χ0) is 23.1. The van der Waals surface area contributed by atoms with E-state index in [1.165, 1.54) is 7.05 Å². The van der Waals surface area contributed by atoms with E-state index in [-0.39, 0.29) is 11.3 Å². The molecule has 0 radical (unpaired) electrons. The number of benzene rings is 2. The van der Waals surface area contributed by atoms with Gasteiger partial charge in [-0.3, -0.25) is 9.10 Å². The molecule has 2 rings (SSSR count). The molecule has 0 bridgehead atoms. The Hall–Kier alpha value is -2.39. The van der Waals surface area contributed by atoms with Crippen LogP contribution >= 0.6 is 0 Å². The molecular weight excluding hydrogens is 434 g/mol. The highest BCUT2D eigenvalue weighted by Gasteiger charge is 2.19. The number of rotatable bonds is 11. The molecule has 1 atom stereocenters. The van der Waals surface area contributed by atoms with Crippen LogP contribution in [0.1, 0.15) is 49.4 Å². The van der Waals surface area contributed by atoms with Gasteiger partial charge in [-0.05, 0) is 42.8 Å². The Morgan fingerprint density at radius 2 is 1.58 bits per heavy atom. The topological polar surface area (TPSA) is 107 Å². The van der Waals surface area contributed by atoms with Crippen LogP contribution in [0, 0.1) is 4.78 Å². The summed E-state index contributed by atoms with van der Waals surface area (Å²) >= 11 is 0. The van der Waals surface area contributed by atoms with Crippen molar-refractivity contribution < 1.29 is 17.4 Å². The summed E-state index contributed by atoms with van der Waals surface area (Å²) in [6, 6.07) is 12.9. The second-order valence-corrected chi connectivity index (χ2v) is 11.8. The molecule has 0 aliphatic carbocycles. The summed E-state index contributed by atoms with van der Waals surface area (Å²) in [4.78, 5) is 13.2. The first-order valence-corrected chi connectivity index (χ1v) is 13.8. The maximum absolute atomic E-state index is 12.7. The Kier molecular flexibility index (Phi) is 8.64. The first-order valence-electron chi connectivity index (χ1n) is 10.3. The molecule has 0 aliphatic rings. The average Bonchev–Trinajstić information content (AvgIpc) is 2.72. The normalized spacial score (nSPS) is 13.4. The van der Waals surface area contributed by atoms with E-state index < -0.39 is 25.7 Å². The molecule has 0 fully saturated rings. The van der Waals surface area contributed by atoms with Crippen LogP contribution in [-0.4, -0.2) is 37.6 Å². The lowest BCUT2D eigenvalue weighted by Crippen LogP contribution is -2.27. The van der Waals surface area contributed by atoms with Gasteiger partial charge in [0.15, 0.2) is 0 Å². The summed E-state index contributed by atoms with van der Waals surface area (Å²) in [6.07, 6.45) is 6.18. The van der Waals surface area contributed by atoms with E-state index >= 15 is 0 Å². The van der Waals surface area contributed by atoms with E-state index in [0.717, 1.165) is 42.7 Å². The Labute approximate surface area is 185 Å². The third kappa shape index (κ3) is 7.07. The van der Waals surface area contributed by atoms with Gasteiger partial charge in [-0.1, -0.05) is 44.7 Å². The predicted octanol–water partition coefficient (Wildman–Crippen LogP) is 4.71. The van der Waals surface area contributed by atoms with E-state index in [9.17, 15) is 17.4 Å². The first kappa shape index (κ1) is 24.9. The number of hydrogen-bond donors (Lipinski definition) is 2. The number of nitrogens with zero attached hydrogens (tertiary/aromatic N) is 1. The van der Waals surface area contributed by atoms with E-state index in [1.807, 2.05) is 0 Å². The number of hydrogen-bond acceptors (Lipinski definition) is 5. The molecule has 2 N–H and O–H groups in total. The molecule has 0 heterocycles. The maximum atomic E-state index is 12.7. The standard InChI is InChI=1S/C22H31N3O4S2/c1-4-5-6-7-10-17-31(23,29)19-15-13-18(14-16-19)24-22(26)20-11-8-9-12-21(20)25(2)30(3,27)28/h8-9,11-16,23H,4-7,10,17H2,1-3H3,(H,24,26)/t31-/m1/s1. The molecule has 170 valence electrons. The first-order chi connectivity index (χ1) is 14.6. The van der Waals surface area contributed by atoms with Crippen LogP contribution in [0.15, 0.2) is 53.4 Å². The molecule has 2 aromatic carbocycles. The molecule has 7 nitrogen and oxygen atoms in total. The van der Waals surface area contributed by atoms with Gasteiger partial charge in [-0.2, -0.15) is 0 Å². The fourth-order valence-electron chi connectivity index (χ4n) is 3.10. The lowest BCUT2D eigenvalue weighted by molar-refractivity contribution is 0.102. The highest BCUT2D eigenvalue weighted by Crippen LogP contribution is 2.23. The van der Waals surface area contributed by atoms with Crippen LogP contribution in [0.2, 0.25) is 0 Å². The van der Waals surface area contributed by atoms with Crippen LogP contribution in [0.4, 0.5) is 11.4 Å². The van der Waals surface area contributed by atoms with E-state index in [1.54, 1.807) is 48.5 Å². The van der Waals surface area contributed by atoms with Crippen LogP contribution in [0.25, 0.3) is 0 Å². The minimum Gasteiger partial charge on any atom is -0.322 e. The summed E-state index contributed by atoms with van der Waals surface area (Å²) in [7, 11) is -4.99. The van der Waals surface area contributed by atoms with Crippen molar-refractivity contribution in [3.8, 4) is 0 Å². The van der Waals surface area contributed by atoms with Gasteiger partial charge < -0.3 is 5.32 Å². The highest BCUT2D eigenvalue weighted by atomic mass is 32.2. The van der Waals surface area contributed by atoms with Crippen molar-refractivity contribution >= 4 is 37.0 Å². The number of anilines is 2. The zero-order valence-corrected chi connectivity index (χ0v) is 19.9. The Morgan fingerprint density at radius 3 is 2.19 bits per heavy atom. The van der Waals surface area contributed by atoms with Gasteiger partial charge in [0.25, 0.3) is 5.91 Å². The number of sulfonamides is 1. The van der Waals surface area contributed by atoms with Crippen molar-refractivity contribution in [1.82, 2.24) is 0 Å². The van der Waals surface area contributed by atoms with Crippen molar-refractivity contribution in [1.29, 1.82) is 4.78 Å². The van der Waals surface area contributed by atoms with Crippen molar-refractivity contribution in [3.63, 3.8) is 0 Å². The molecule has 0 aliphatic heterocycles. The summed E-state index contributed by atoms with van der Waals surface area (Å²) in [5, 5.41) is 2.74. The van der Waals surface area contributed by atoms with Crippen LogP contribution in [0.5, 0.6) is 0 Å².